The predicted octanol–water partition coefficient (Wildman–Crippen LogP) is 1.98. The highest BCUT2D eigenvalue weighted by Gasteiger charge is 2.20. The number of rotatable bonds is 6. The van der Waals surface area contributed by atoms with Crippen molar-refractivity contribution >= 4 is 5.69 Å². The Kier molecular flexibility index (Phi) is 5.02. The second kappa shape index (κ2) is 6.76. The summed E-state index contributed by atoms with van der Waals surface area (Å²) < 4.78 is 0. The summed E-state index contributed by atoms with van der Waals surface area (Å²) in [6.07, 6.45) is 4.75. The largest absolute Gasteiger partial charge is 0.375 e. The lowest BCUT2D eigenvalue weighted by molar-refractivity contribution is 0.509. The van der Waals surface area contributed by atoms with Crippen LogP contribution in [-0.2, 0) is 0 Å². The van der Waals surface area contributed by atoms with E-state index in [1.807, 2.05) is 0 Å². The molecule has 1 fully saturated rings. The smallest absolute Gasteiger partial charge is 0.0363 e. The maximum Gasteiger partial charge on any atom is 0.0363 e. The van der Waals surface area contributed by atoms with Crippen molar-refractivity contribution in [3.63, 3.8) is 0 Å². The zero-order valence-corrected chi connectivity index (χ0v) is 11.3. The van der Waals surface area contributed by atoms with Gasteiger partial charge in [0.2, 0.25) is 0 Å². The SMILES string of the molecule is CN(CCCNC1CCC(N)C1)c1ccccc1. The van der Waals surface area contributed by atoms with Crippen molar-refractivity contribution < 1.29 is 0 Å². The minimum absolute atomic E-state index is 0.425. The molecule has 0 spiro atoms. The highest BCUT2D eigenvalue weighted by Crippen LogP contribution is 2.17. The van der Waals surface area contributed by atoms with Crippen LogP contribution < -0.4 is 16.0 Å². The molecule has 1 aliphatic carbocycles. The molecule has 3 heteroatoms. The molecule has 0 aromatic heterocycles. The second-order valence-electron chi connectivity index (χ2n) is 5.33. The first-order valence-corrected chi connectivity index (χ1v) is 7.01. The fraction of sp³-hybridized carbons (Fsp3) is 0.600. The minimum atomic E-state index is 0.425. The first-order chi connectivity index (χ1) is 8.75. The van der Waals surface area contributed by atoms with Crippen molar-refractivity contribution in [3.05, 3.63) is 30.3 Å². The summed E-state index contributed by atoms with van der Waals surface area (Å²) >= 11 is 0. The van der Waals surface area contributed by atoms with Gasteiger partial charge in [0.25, 0.3) is 0 Å². The third kappa shape index (κ3) is 4.00. The summed E-state index contributed by atoms with van der Waals surface area (Å²) in [5.41, 5.74) is 7.20. The van der Waals surface area contributed by atoms with Gasteiger partial charge < -0.3 is 16.0 Å². The molecule has 0 saturated heterocycles. The Morgan fingerprint density at radius 3 is 2.72 bits per heavy atom. The molecule has 2 atom stereocenters. The standard InChI is InChI=1S/C15H25N3/c1-18(15-6-3-2-4-7-15)11-5-10-17-14-9-8-13(16)12-14/h2-4,6-7,13-14,17H,5,8-12,16H2,1H3. The van der Waals surface area contributed by atoms with Gasteiger partial charge in [-0.05, 0) is 44.4 Å². The van der Waals surface area contributed by atoms with E-state index in [4.69, 9.17) is 5.73 Å². The number of nitrogens with two attached hydrogens (primary N) is 1. The van der Waals surface area contributed by atoms with Crippen molar-refractivity contribution in [2.45, 2.75) is 37.8 Å². The van der Waals surface area contributed by atoms with E-state index in [2.05, 4.69) is 47.6 Å². The Morgan fingerprint density at radius 1 is 1.28 bits per heavy atom. The van der Waals surface area contributed by atoms with Crippen LogP contribution in [0.15, 0.2) is 30.3 Å². The highest BCUT2D eigenvalue weighted by molar-refractivity contribution is 5.44. The molecular weight excluding hydrogens is 222 g/mol. The molecule has 18 heavy (non-hydrogen) atoms. The van der Waals surface area contributed by atoms with Crippen LogP contribution in [0.3, 0.4) is 0 Å². The predicted molar refractivity (Wildman–Crippen MR) is 77.9 cm³/mol. The van der Waals surface area contributed by atoms with E-state index in [1.54, 1.807) is 0 Å². The van der Waals surface area contributed by atoms with Gasteiger partial charge in [-0.15, -0.1) is 0 Å². The van der Waals surface area contributed by atoms with E-state index < -0.39 is 0 Å². The monoisotopic (exact) mass is 247 g/mol. The van der Waals surface area contributed by atoms with Crippen molar-refractivity contribution in [1.82, 2.24) is 5.32 Å². The Labute approximate surface area is 110 Å². The minimum Gasteiger partial charge on any atom is -0.375 e. The van der Waals surface area contributed by atoms with Crippen molar-refractivity contribution in [3.8, 4) is 0 Å². The molecule has 1 aromatic carbocycles. The topological polar surface area (TPSA) is 41.3 Å². The average Bonchev–Trinajstić information content (AvgIpc) is 2.81. The van der Waals surface area contributed by atoms with Crippen LogP contribution in [0.4, 0.5) is 5.69 Å². The third-order valence-corrected chi connectivity index (χ3v) is 3.77. The lowest BCUT2D eigenvalue weighted by Crippen LogP contribution is -2.31. The summed E-state index contributed by atoms with van der Waals surface area (Å²) in [7, 11) is 2.15. The lowest BCUT2D eigenvalue weighted by atomic mass is 10.2. The number of anilines is 1. The summed E-state index contributed by atoms with van der Waals surface area (Å²) in [4.78, 5) is 2.31. The van der Waals surface area contributed by atoms with Crippen molar-refractivity contribution in [2.24, 2.45) is 5.73 Å². The number of hydrogen-bond acceptors (Lipinski definition) is 3. The fourth-order valence-electron chi connectivity index (χ4n) is 2.64. The van der Waals surface area contributed by atoms with E-state index in [0.29, 0.717) is 12.1 Å². The molecule has 0 heterocycles. The Morgan fingerprint density at radius 2 is 2.06 bits per heavy atom. The molecule has 1 saturated carbocycles. The lowest BCUT2D eigenvalue weighted by Gasteiger charge is -2.20. The Hall–Kier alpha value is -1.06. The molecule has 2 rings (SSSR count). The molecule has 0 amide bonds. The van der Waals surface area contributed by atoms with Gasteiger partial charge in [0.15, 0.2) is 0 Å². The van der Waals surface area contributed by atoms with Gasteiger partial charge in [0.05, 0.1) is 0 Å². The highest BCUT2D eigenvalue weighted by atomic mass is 15.1. The number of benzene rings is 1. The normalized spacial score (nSPS) is 23.2. The van der Waals surface area contributed by atoms with Crippen LogP contribution in [0.5, 0.6) is 0 Å². The number of nitrogens with zero attached hydrogens (tertiary/aromatic N) is 1. The van der Waals surface area contributed by atoms with Crippen molar-refractivity contribution in [2.75, 3.05) is 25.0 Å². The van der Waals surface area contributed by atoms with Crippen LogP contribution in [0.1, 0.15) is 25.7 Å². The van der Waals surface area contributed by atoms with E-state index in [1.165, 1.54) is 24.9 Å². The number of hydrogen-bond donors (Lipinski definition) is 2. The van der Waals surface area contributed by atoms with Crippen LogP contribution in [0, 0.1) is 0 Å². The molecule has 0 radical (unpaired) electrons. The zero-order valence-electron chi connectivity index (χ0n) is 11.3. The van der Waals surface area contributed by atoms with Gasteiger partial charge in [-0.25, -0.2) is 0 Å². The molecule has 100 valence electrons. The van der Waals surface area contributed by atoms with Gasteiger partial charge in [0.1, 0.15) is 0 Å². The first kappa shape index (κ1) is 13.4. The molecule has 1 aliphatic rings. The Bertz CT molecular complexity index is 339. The zero-order chi connectivity index (χ0) is 12.8. The number of para-hydroxylation sites is 1. The van der Waals surface area contributed by atoms with Gasteiger partial charge >= 0.3 is 0 Å². The van der Waals surface area contributed by atoms with Crippen molar-refractivity contribution in [1.29, 1.82) is 0 Å². The van der Waals surface area contributed by atoms with E-state index >= 15 is 0 Å². The summed E-state index contributed by atoms with van der Waals surface area (Å²) in [6.45, 7) is 2.18. The van der Waals surface area contributed by atoms with E-state index in [9.17, 15) is 0 Å². The van der Waals surface area contributed by atoms with Crippen LogP contribution in [0.25, 0.3) is 0 Å². The second-order valence-corrected chi connectivity index (χ2v) is 5.33. The van der Waals surface area contributed by atoms with Crippen LogP contribution >= 0.6 is 0 Å². The van der Waals surface area contributed by atoms with Gasteiger partial charge in [-0.1, -0.05) is 18.2 Å². The maximum atomic E-state index is 5.91. The maximum absolute atomic E-state index is 5.91. The fourth-order valence-corrected chi connectivity index (χ4v) is 2.64. The summed E-state index contributed by atoms with van der Waals surface area (Å²) in [6, 6.07) is 11.6. The molecule has 3 nitrogen and oxygen atoms in total. The summed E-state index contributed by atoms with van der Waals surface area (Å²) in [5, 5.41) is 3.61. The molecule has 0 aliphatic heterocycles. The van der Waals surface area contributed by atoms with E-state index in [0.717, 1.165) is 19.5 Å². The summed E-state index contributed by atoms with van der Waals surface area (Å²) in [5.74, 6) is 0. The van der Waals surface area contributed by atoms with E-state index in [-0.39, 0.29) is 0 Å². The number of nitrogens with one attached hydrogen (secondary N) is 1. The van der Waals surface area contributed by atoms with Gasteiger partial charge in [-0.2, -0.15) is 0 Å². The third-order valence-electron chi connectivity index (χ3n) is 3.77. The van der Waals surface area contributed by atoms with Crippen LogP contribution in [0.2, 0.25) is 0 Å². The van der Waals surface area contributed by atoms with Crippen LogP contribution in [-0.4, -0.2) is 32.2 Å². The first-order valence-electron chi connectivity index (χ1n) is 7.01. The molecule has 3 N–H and O–H groups in total. The molecule has 1 aromatic rings. The Balaban J connectivity index is 1.61. The quantitative estimate of drug-likeness (QED) is 0.755. The molecule has 2 unspecified atom stereocenters. The molecular formula is C15H25N3. The van der Waals surface area contributed by atoms with Gasteiger partial charge in [-0.3, -0.25) is 0 Å². The molecule has 0 bridgehead atoms. The van der Waals surface area contributed by atoms with Gasteiger partial charge in [0, 0.05) is 31.4 Å². The average molecular weight is 247 g/mol.